The minimum absolute atomic E-state index is 0.783. The number of hydrogen-bond acceptors (Lipinski definition) is 1. The minimum Gasteiger partial charge on any atom is -0.361 e. The molecular weight excluding hydrogens is 256 g/mol. The molecule has 0 aliphatic heterocycles. The van der Waals surface area contributed by atoms with Crippen molar-refractivity contribution in [2.45, 2.75) is 13.1 Å². The van der Waals surface area contributed by atoms with Gasteiger partial charge >= 0.3 is 0 Å². The van der Waals surface area contributed by atoms with E-state index < -0.39 is 0 Å². The van der Waals surface area contributed by atoms with Gasteiger partial charge in [-0.05, 0) is 40.8 Å². The van der Waals surface area contributed by atoms with Crippen LogP contribution in [0.2, 0.25) is 5.02 Å². The first-order chi connectivity index (χ1) is 9.33. The lowest BCUT2D eigenvalue weighted by atomic mass is 10.1. The molecule has 0 fully saturated rings. The van der Waals surface area contributed by atoms with Crippen LogP contribution in [0.25, 0.3) is 10.9 Å². The molecule has 3 rings (SSSR count). The van der Waals surface area contributed by atoms with Crippen LogP contribution in [0.1, 0.15) is 11.1 Å². The van der Waals surface area contributed by atoms with E-state index in [1.165, 1.54) is 16.5 Å². The third-order valence-corrected chi connectivity index (χ3v) is 3.59. The maximum Gasteiger partial charge on any atom is 0.0454 e. The summed E-state index contributed by atoms with van der Waals surface area (Å²) in [5, 5.41) is 5.48. The highest BCUT2D eigenvalue weighted by molar-refractivity contribution is 6.31. The van der Waals surface area contributed by atoms with Gasteiger partial charge < -0.3 is 10.3 Å². The fourth-order valence-electron chi connectivity index (χ4n) is 2.20. The molecule has 0 radical (unpaired) electrons. The molecule has 0 aliphatic carbocycles. The molecular formula is C16H15ClN2. The molecule has 0 bridgehead atoms. The predicted octanol–water partition coefficient (Wildman–Crippen LogP) is 4.11. The predicted molar refractivity (Wildman–Crippen MR) is 80.3 cm³/mol. The van der Waals surface area contributed by atoms with Crippen molar-refractivity contribution in [1.82, 2.24) is 10.3 Å². The second kappa shape index (κ2) is 5.47. The number of fused-ring (bicyclic) bond motifs is 1. The third kappa shape index (κ3) is 2.80. The first-order valence-corrected chi connectivity index (χ1v) is 6.71. The quantitative estimate of drug-likeness (QED) is 0.734. The van der Waals surface area contributed by atoms with Crippen LogP contribution in [0.15, 0.2) is 54.7 Å². The highest BCUT2D eigenvalue weighted by atomic mass is 35.5. The molecule has 0 atom stereocenters. The zero-order chi connectivity index (χ0) is 13.1. The third-order valence-electron chi connectivity index (χ3n) is 3.22. The number of hydrogen-bond donors (Lipinski definition) is 2. The maximum atomic E-state index is 6.13. The van der Waals surface area contributed by atoms with Gasteiger partial charge in [0.25, 0.3) is 0 Å². The van der Waals surface area contributed by atoms with Crippen LogP contribution in [0.3, 0.4) is 0 Å². The zero-order valence-electron chi connectivity index (χ0n) is 10.5. The normalized spacial score (nSPS) is 11.0. The fourth-order valence-corrected chi connectivity index (χ4v) is 2.40. The summed E-state index contributed by atoms with van der Waals surface area (Å²) in [7, 11) is 0. The Bertz CT molecular complexity index is 688. The number of benzene rings is 2. The molecule has 96 valence electrons. The van der Waals surface area contributed by atoms with E-state index in [4.69, 9.17) is 11.6 Å². The Labute approximate surface area is 117 Å². The van der Waals surface area contributed by atoms with Crippen molar-refractivity contribution >= 4 is 22.5 Å². The van der Waals surface area contributed by atoms with Crippen molar-refractivity contribution in [3.63, 3.8) is 0 Å². The van der Waals surface area contributed by atoms with Crippen LogP contribution >= 0.6 is 11.6 Å². The molecule has 19 heavy (non-hydrogen) atoms. The van der Waals surface area contributed by atoms with Crippen molar-refractivity contribution in [2.24, 2.45) is 0 Å². The summed E-state index contributed by atoms with van der Waals surface area (Å²) in [4.78, 5) is 3.20. The van der Waals surface area contributed by atoms with Gasteiger partial charge in [-0.2, -0.15) is 0 Å². The second-order valence-electron chi connectivity index (χ2n) is 4.59. The molecule has 3 aromatic rings. The van der Waals surface area contributed by atoms with Gasteiger partial charge in [0.05, 0.1) is 0 Å². The molecule has 1 aromatic heterocycles. The lowest BCUT2D eigenvalue weighted by Gasteiger charge is -2.07. The molecule has 2 aromatic carbocycles. The molecule has 2 nitrogen and oxygen atoms in total. The average molecular weight is 271 g/mol. The lowest BCUT2D eigenvalue weighted by molar-refractivity contribution is 0.694. The van der Waals surface area contributed by atoms with Crippen molar-refractivity contribution in [3.8, 4) is 0 Å². The Morgan fingerprint density at radius 2 is 1.89 bits per heavy atom. The van der Waals surface area contributed by atoms with E-state index in [0.717, 1.165) is 23.7 Å². The smallest absolute Gasteiger partial charge is 0.0454 e. The average Bonchev–Trinajstić information content (AvgIpc) is 2.88. The summed E-state index contributed by atoms with van der Waals surface area (Å²) in [6, 6.07) is 16.5. The first kappa shape index (κ1) is 12.3. The molecule has 1 heterocycles. The maximum absolute atomic E-state index is 6.13. The Hall–Kier alpha value is -1.77. The summed E-state index contributed by atoms with van der Waals surface area (Å²) in [5.74, 6) is 0. The SMILES string of the molecule is Clc1ccccc1CNCc1ccc2[nH]ccc2c1. The van der Waals surface area contributed by atoms with Gasteiger partial charge in [0, 0.05) is 29.8 Å². The molecule has 0 spiro atoms. The molecule has 0 saturated carbocycles. The van der Waals surface area contributed by atoms with E-state index in [0.29, 0.717) is 0 Å². The number of halogens is 1. The van der Waals surface area contributed by atoms with E-state index in [9.17, 15) is 0 Å². The van der Waals surface area contributed by atoms with E-state index in [1.54, 1.807) is 0 Å². The lowest BCUT2D eigenvalue weighted by Crippen LogP contribution is -2.12. The first-order valence-electron chi connectivity index (χ1n) is 6.33. The van der Waals surface area contributed by atoms with Crippen LogP contribution in [-0.4, -0.2) is 4.98 Å². The van der Waals surface area contributed by atoms with Crippen LogP contribution < -0.4 is 5.32 Å². The number of H-pyrrole nitrogens is 1. The molecule has 0 amide bonds. The Morgan fingerprint density at radius 3 is 2.79 bits per heavy atom. The van der Waals surface area contributed by atoms with Gasteiger partial charge in [0.1, 0.15) is 0 Å². The van der Waals surface area contributed by atoms with Crippen molar-refractivity contribution in [1.29, 1.82) is 0 Å². The standard InChI is InChI=1S/C16H15ClN2/c17-15-4-2-1-3-14(15)11-18-10-12-5-6-16-13(9-12)7-8-19-16/h1-9,18-19H,10-11H2. The number of aromatic amines is 1. The number of aromatic nitrogens is 1. The molecule has 2 N–H and O–H groups in total. The number of rotatable bonds is 4. The van der Waals surface area contributed by atoms with Gasteiger partial charge in [-0.3, -0.25) is 0 Å². The zero-order valence-corrected chi connectivity index (χ0v) is 11.2. The van der Waals surface area contributed by atoms with E-state index in [1.807, 2.05) is 30.5 Å². The molecule has 0 saturated heterocycles. The second-order valence-corrected chi connectivity index (χ2v) is 5.00. The van der Waals surface area contributed by atoms with E-state index in [2.05, 4.69) is 34.6 Å². The van der Waals surface area contributed by atoms with E-state index >= 15 is 0 Å². The Kier molecular flexibility index (Phi) is 3.53. The summed E-state index contributed by atoms with van der Waals surface area (Å²) in [6.07, 6.45) is 1.96. The molecule has 0 aliphatic rings. The van der Waals surface area contributed by atoms with Gasteiger partial charge in [-0.25, -0.2) is 0 Å². The monoisotopic (exact) mass is 270 g/mol. The van der Waals surface area contributed by atoms with Crippen molar-refractivity contribution in [2.75, 3.05) is 0 Å². The van der Waals surface area contributed by atoms with Gasteiger partial charge in [-0.1, -0.05) is 35.9 Å². The Balaban J connectivity index is 1.64. The van der Waals surface area contributed by atoms with Gasteiger partial charge in [-0.15, -0.1) is 0 Å². The van der Waals surface area contributed by atoms with Crippen molar-refractivity contribution < 1.29 is 0 Å². The molecule has 3 heteroatoms. The van der Waals surface area contributed by atoms with Crippen LogP contribution in [0.5, 0.6) is 0 Å². The van der Waals surface area contributed by atoms with Crippen LogP contribution in [0.4, 0.5) is 0 Å². The fraction of sp³-hybridized carbons (Fsp3) is 0.125. The summed E-state index contributed by atoms with van der Waals surface area (Å²) < 4.78 is 0. The highest BCUT2D eigenvalue weighted by Gasteiger charge is 2.00. The summed E-state index contributed by atoms with van der Waals surface area (Å²) in [5.41, 5.74) is 3.58. The van der Waals surface area contributed by atoms with Crippen LogP contribution in [-0.2, 0) is 13.1 Å². The Morgan fingerprint density at radius 1 is 1.00 bits per heavy atom. The van der Waals surface area contributed by atoms with Crippen molar-refractivity contribution in [3.05, 3.63) is 70.9 Å². The van der Waals surface area contributed by atoms with Gasteiger partial charge in [0.15, 0.2) is 0 Å². The summed E-state index contributed by atoms with van der Waals surface area (Å²) in [6.45, 7) is 1.62. The number of nitrogens with one attached hydrogen (secondary N) is 2. The minimum atomic E-state index is 0.783. The van der Waals surface area contributed by atoms with Gasteiger partial charge in [0.2, 0.25) is 0 Å². The van der Waals surface area contributed by atoms with Crippen LogP contribution in [0, 0.1) is 0 Å². The topological polar surface area (TPSA) is 27.8 Å². The highest BCUT2D eigenvalue weighted by Crippen LogP contribution is 2.16. The van der Waals surface area contributed by atoms with E-state index in [-0.39, 0.29) is 0 Å². The molecule has 0 unspecified atom stereocenters. The summed E-state index contributed by atoms with van der Waals surface area (Å²) >= 11 is 6.13. The largest absolute Gasteiger partial charge is 0.361 e.